The Balaban J connectivity index is 0.00000142. The van der Waals surface area contributed by atoms with Crippen LogP contribution >= 0.6 is 0 Å². The van der Waals surface area contributed by atoms with Crippen molar-refractivity contribution >= 4 is 35.7 Å². The van der Waals surface area contributed by atoms with Crippen molar-refractivity contribution in [3.8, 4) is 11.5 Å². The average Bonchev–Trinajstić information content (AvgIpc) is 2.82. The molecule has 0 aromatic heterocycles. The van der Waals surface area contributed by atoms with Gasteiger partial charge in [0, 0.05) is 35.5 Å². The summed E-state index contributed by atoms with van der Waals surface area (Å²) in [6.45, 7) is 10.4. The van der Waals surface area contributed by atoms with E-state index in [4.69, 9.17) is 19.8 Å². The third kappa shape index (κ3) is 13.4. The molecule has 0 fully saturated rings. The first-order valence-electron chi connectivity index (χ1n) is 12.0. The molecule has 0 unspecified atom stereocenters. The van der Waals surface area contributed by atoms with Crippen LogP contribution in [0.25, 0.3) is 0 Å². The zero-order valence-electron chi connectivity index (χ0n) is 22.8. The van der Waals surface area contributed by atoms with Gasteiger partial charge in [-0.25, -0.2) is 0 Å². The summed E-state index contributed by atoms with van der Waals surface area (Å²) in [6, 6.07) is 18.7. The Morgan fingerprint density at radius 2 is 1.00 bits per heavy atom. The number of benzene rings is 3. The van der Waals surface area contributed by atoms with Gasteiger partial charge in [-0.05, 0) is 73.2 Å². The summed E-state index contributed by atoms with van der Waals surface area (Å²) in [7, 11) is 0. The van der Waals surface area contributed by atoms with Gasteiger partial charge >= 0.3 is 16.8 Å². The monoisotopic (exact) mass is 577 g/mol. The fourth-order valence-corrected chi connectivity index (χ4v) is 3.03. The zero-order chi connectivity index (χ0) is 28.8. The molecular weight excluding hydrogens is 543 g/mol. The molecule has 0 amide bonds. The number of nitrogens with zero attached hydrogens (tertiary/aromatic N) is 2. The summed E-state index contributed by atoms with van der Waals surface area (Å²) in [6.07, 6.45) is 3.32. The molecule has 9 heteroatoms. The third-order valence-electron chi connectivity index (χ3n) is 5.00. The van der Waals surface area contributed by atoms with Gasteiger partial charge in [0.25, 0.3) is 0 Å². The Labute approximate surface area is 240 Å². The zero-order valence-corrected chi connectivity index (χ0v) is 23.9. The summed E-state index contributed by atoms with van der Waals surface area (Å²) in [4.78, 5) is 26.9. The van der Waals surface area contributed by atoms with E-state index in [1.807, 2.05) is 48.5 Å². The van der Waals surface area contributed by atoms with Gasteiger partial charge in [0.05, 0.1) is 11.4 Å². The van der Waals surface area contributed by atoms with E-state index in [1.54, 1.807) is 24.6 Å². The summed E-state index contributed by atoms with van der Waals surface area (Å²) >= 11 is 0. The second-order valence-electron chi connectivity index (χ2n) is 8.93. The molecular formula is C30H34CoN2O6. The number of phenols is 2. The van der Waals surface area contributed by atoms with E-state index in [9.17, 15) is 10.2 Å². The van der Waals surface area contributed by atoms with E-state index in [-0.39, 0.29) is 28.3 Å². The summed E-state index contributed by atoms with van der Waals surface area (Å²) < 4.78 is 0. The van der Waals surface area contributed by atoms with Crippen molar-refractivity contribution in [2.75, 3.05) is 0 Å². The fourth-order valence-electron chi connectivity index (χ4n) is 3.03. The smallest absolute Gasteiger partial charge is 0.550 e. The van der Waals surface area contributed by atoms with Crippen molar-refractivity contribution in [2.24, 2.45) is 9.98 Å². The van der Waals surface area contributed by atoms with E-state index in [1.165, 1.54) is 0 Å². The number of aliphatic imine (C=N–C) groups is 2. The van der Waals surface area contributed by atoms with Gasteiger partial charge in [-0.3, -0.25) is 9.98 Å². The molecule has 0 aliphatic rings. The number of hydrogen-bond donors (Lipinski definition) is 2. The number of carbonyl (C=O) groups is 2. The van der Waals surface area contributed by atoms with Crippen LogP contribution in [0.15, 0.2) is 70.6 Å². The van der Waals surface area contributed by atoms with Gasteiger partial charge in [0.15, 0.2) is 0 Å². The summed E-state index contributed by atoms with van der Waals surface area (Å²) in [5.41, 5.74) is 4.98. The molecule has 0 aliphatic heterocycles. The maximum atomic E-state index is 10.2. The van der Waals surface area contributed by atoms with Crippen LogP contribution in [0.5, 0.6) is 11.5 Å². The molecule has 0 atom stereocenters. The van der Waals surface area contributed by atoms with E-state index in [0.29, 0.717) is 34.3 Å². The average molecular weight is 578 g/mol. The number of carboxylic acids is 2. The third-order valence-corrected chi connectivity index (χ3v) is 5.00. The van der Waals surface area contributed by atoms with Crippen LogP contribution in [0.2, 0.25) is 0 Å². The van der Waals surface area contributed by atoms with Crippen LogP contribution in [-0.4, -0.2) is 34.6 Å². The van der Waals surface area contributed by atoms with Gasteiger partial charge in [-0.2, -0.15) is 0 Å². The molecule has 2 N–H and O–H groups in total. The normalized spacial score (nSPS) is 10.5. The van der Waals surface area contributed by atoms with Crippen LogP contribution in [0.1, 0.15) is 75.6 Å². The van der Waals surface area contributed by atoms with Crippen molar-refractivity contribution in [3.05, 3.63) is 82.9 Å². The van der Waals surface area contributed by atoms with Crippen molar-refractivity contribution in [2.45, 2.75) is 53.4 Å². The molecule has 0 bridgehead atoms. The van der Waals surface area contributed by atoms with Crippen LogP contribution in [0.4, 0.5) is 11.4 Å². The number of carbonyl (C=O) groups excluding carboxylic acids is 2. The van der Waals surface area contributed by atoms with Crippen molar-refractivity contribution < 1.29 is 46.8 Å². The molecule has 8 nitrogen and oxygen atoms in total. The Bertz CT molecular complexity index is 1180. The number of rotatable bonds is 6. The first-order valence-corrected chi connectivity index (χ1v) is 12.0. The van der Waals surface area contributed by atoms with Crippen molar-refractivity contribution in [3.63, 3.8) is 0 Å². The second-order valence-corrected chi connectivity index (χ2v) is 8.93. The molecule has 0 aliphatic carbocycles. The quantitative estimate of drug-likeness (QED) is 0.417. The number of hydrogen-bond acceptors (Lipinski definition) is 8. The fraction of sp³-hybridized carbons (Fsp3) is 0.267. The maximum absolute atomic E-state index is 10.2. The van der Waals surface area contributed by atoms with E-state index < -0.39 is 11.9 Å². The summed E-state index contributed by atoms with van der Waals surface area (Å²) in [5.74, 6) is -1.05. The maximum Gasteiger partial charge on any atom is 2.00 e. The molecule has 3 aromatic rings. The Morgan fingerprint density at radius 3 is 1.28 bits per heavy atom. The Morgan fingerprint density at radius 1 is 0.692 bits per heavy atom. The minimum Gasteiger partial charge on any atom is -0.550 e. The predicted octanol–water partition coefficient (Wildman–Crippen LogP) is 4.36. The summed E-state index contributed by atoms with van der Waals surface area (Å²) in [5, 5.41) is 38.1. The topological polar surface area (TPSA) is 145 Å². The first kappa shape index (κ1) is 35.0. The van der Waals surface area contributed by atoms with E-state index in [2.05, 4.69) is 37.7 Å². The van der Waals surface area contributed by atoms with Gasteiger partial charge in [-0.15, -0.1) is 0 Å². The molecule has 1 radical (unpaired) electrons. The SMILES string of the molecule is CC(=O)[O-].CC(=O)[O-].CC(C)c1ccc(O)c(C=Nc2ccccc2N=Cc2cc(C(C)C)ccc2O)c1.[Co+2]. The number of para-hydroxylation sites is 2. The molecule has 3 rings (SSSR count). The number of phenolic OH excluding ortho intramolecular Hbond substituents is 2. The van der Waals surface area contributed by atoms with Gasteiger partial charge in [0.2, 0.25) is 0 Å². The van der Waals surface area contributed by atoms with Crippen molar-refractivity contribution in [1.29, 1.82) is 0 Å². The molecule has 0 heterocycles. The van der Waals surface area contributed by atoms with E-state index in [0.717, 1.165) is 25.0 Å². The Hall–Kier alpha value is -3.95. The second kappa shape index (κ2) is 17.5. The number of carboxylic acid groups (broad SMARTS) is 2. The van der Waals surface area contributed by atoms with Crippen LogP contribution in [-0.2, 0) is 26.4 Å². The van der Waals surface area contributed by atoms with Crippen molar-refractivity contribution in [1.82, 2.24) is 0 Å². The van der Waals surface area contributed by atoms with Crippen LogP contribution < -0.4 is 10.2 Å². The molecule has 0 saturated carbocycles. The number of aromatic hydroxyl groups is 2. The molecule has 0 saturated heterocycles. The number of aliphatic carboxylic acids is 2. The molecule has 39 heavy (non-hydrogen) atoms. The first-order chi connectivity index (χ1) is 17.8. The van der Waals surface area contributed by atoms with Crippen LogP contribution in [0.3, 0.4) is 0 Å². The Kier molecular flexibility index (Phi) is 15.8. The molecule has 3 aromatic carbocycles. The molecule has 209 valence electrons. The minimum atomic E-state index is -1.08. The van der Waals surface area contributed by atoms with Gasteiger partial charge in [-0.1, -0.05) is 52.0 Å². The van der Waals surface area contributed by atoms with Gasteiger partial charge < -0.3 is 30.0 Å². The largest absolute Gasteiger partial charge is 2.00 e. The predicted molar refractivity (Wildman–Crippen MR) is 147 cm³/mol. The van der Waals surface area contributed by atoms with Gasteiger partial charge in [0.1, 0.15) is 11.5 Å². The van der Waals surface area contributed by atoms with E-state index >= 15 is 0 Å². The molecule has 0 spiro atoms. The standard InChI is InChI=1S/C26H28N2O2.2C2H4O2.Co/c1-17(2)19-9-11-25(29)21(13-19)15-27-23-7-5-6-8-24(23)28-16-22-14-20(18(3)4)10-12-26(22)30;2*1-2(3)4;/h5-18,29-30H,1-4H3;2*1H3,(H,3,4);/q;;;+2/p-2. The van der Waals surface area contributed by atoms with Crippen LogP contribution in [0, 0.1) is 0 Å². The minimum absolute atomic E-state index is 0.